The van der Waals surface area contributed by atoms with Gasteiger partial charge in [0.25, 0.3) is 6.43 Å². The normalized spacial score (nSPS) is 13.2. The van der Waals surface area contributed by atoms with Crippen molar-refractivity contribution < 1.29 is 23.4 Å². The Kier molecular flexibility index (Phi) is 8.01. The highest BCUT2D eigenvalue weighted by Crippen LogP contribution is 2.01. The number of hydrogen-bond acceptors (Lipinski definition) is 3. The van der Waals surface area contributed by atoms with Gasteiger partial charge < -0.3 is 15.2 Å². The van der Waals surface area contributed by atoms with Crippen LogP contribution in [0, 0.1) is 5.92 Å². The summed E-state index contributed by atoms with van der Waals surface area (Å²) in [6.45, 7) is 2.91. The Morgan fingerprint density at radius 2 is 2.06 bits per heavy atom. The fraction of sp³-hybridized carbons (Fsp3) is 0.900. The number of hydrogen-bond donors (Lipinski definition) is 2. The molecule has 2 N–H and O–H groups in total. The first kappa shape index (κ1) is 15.2. The molecule has 0 aromatic heterocycles. The molecule has 1 amide bonds. The highest BCUT2D eigenvalue weighted by atomic mass is 19.3. The van der Waals surface area contributed by atoms with E-state index in [0.717, 1.165) is 0 Å². The fourth-order valence-electron chi connectivity index (χ4n) is 1.04. The summed E-state index contributed by atoms with van der Waals surface area (Å²) in [6, 6.07) is -0.303. The zero-order valence-corrected chi connectivity index (χ0v) is 9.58. The molecule has 0 saturated heterocycles. The second-order valence-electron chi connectivity index (χ2n) is 3.82. The highest BCUT2D eigenvalue weighted by Gasteiger charge is 2.14. The van der Waals surface area contributed by atoms with E-state index < -0.39 is 13.0 Å². The third kappa shape index (κ3) is 7.53. The lowest BCUT2D eigenvalue weighted by molar-refractivity contribution is -0.124. The summed E-state index contributed by atoms with van der Waals surface area (Å²) in [4.78, 5) is 11.3. The van der Waals surface area contributed by atoms with E-state index in [1.807, 2.05) is 13.8 Å². The zero-order valence-electron chi connectivity index (χ0n) is 9.58. The minimum absolute atomic E-state index is 0.0237. The van der Waals surface area contributed by atoms with E-state index in [1.165, 1.54) is 0 Å². The molecule has 0 aliphatic rings. The Bertz CT molecular complexity index is 201. The first-order valence-electron chi connectivity index (χ1n) is 5.23. The van der Waals surface area contributed by atoms with Crippen LogP contribution in [0.15, 0.2) is 0 Å². The van der Waals surface area contributed by atoms with Crippen molar-refractivity contribution in [2.45, 2.75) is 32.7 Å². The largest absolute Gasteiger partial charge is 0.394 e. The van der Waals surface area contributed by atoms with Gasteiger partial charge in [-0.15, -0.1) is 0 Å². The van der Waals surface area contributed by atoms with Gasteiger partial charge in [0.1, 0.15) is 6.61 Å². The number of aliphatic hydroxyl groups is 1. The van der Waals surface area contributed by atoms with Crippen molar-refractivity contribution >= 4 is 5.91 Å². The van der Waals surface area contributed by atoms with E-state index in [1.54, 1.807) is 0 Å². The van der Waals surface area contributed by atoms with Gasteiger partial charge in [-0.25, -0.2) is 8.78 Å². The van der Waals surface area contributed by atoms with Crippen molar-refractivity contribution in [3.8, 4) is 0 Å². The lowest BCUT2D eigenvalue weighted by Crippen LogP contribution is -2.41. The van der Waals surface area contributed by atoms with E-state index in [-0.39, 0.29) is 37.5 Å². The minimum atomic E-state index is -2.51. The van der Waals surface area contributed by atoms with Crippen LogP contribution in [0.4, 0.5) is 8.78 Å². The first-order valence-corrected chi connectivity index (χ1v) is 5.23. The second kappa shape index (κ2) is 8.41. The molecule has 1 atom stereocenters. The second-order valence-corrected chi connectivity index (χ2v) is 3.82. The maximum Gasteiger partial charge on any atom is 0.261 e. The highest BCUT2D eigenvalue weighted by molar-refractivity contribution is 5.76. The first-order chi connectivity index (χ1) is 7.47. The molecule has 0 saturated carbocycles. The number of aliphatic hydroxyl groups excluding tert-OH is 1. The fourth-order valence-corrected chi connectivity index (χ4v) is 1.04. The van der Waals surface area contributed by atoms with Gasteiger partial charge in [-0.3, -0.25) is 4.79 Å². The standard InChI is InChI=1S/C10H19F2NO3/c1-7(2)8(5-14)13-10(15)3-4-16-6-9(11)12/h7-9,14H,3-6H2,1-2H3,(H,13,15). The van der Waals surface area contributed by atoms with Crippen molar-refractivity contribution in [2.24, 2.45) is 5.92 Å². The Labute approximate surface area is 94.0 Å². The lowest BCUT2D eigenvalue weighted by Gasteiger charge is -2.19. The summed E-state index contributed by atoms with van der Waals surface area (Å²) in [5, 5.41) is 11.5. The molecule has 0 bridgehead atoms. The monoisotopic (exact) mass is 239 g/mol. The Hall–Kier alpha value is -0.750. The molecule has 0 rings (SSSR count). The van der Waals surface area contributed by atoms with Crippen LogP contribution in [0.25, 0.3) is 0 Å². The number of ether oxygens (including phenoxy) is 1. The van der Waals surface area contributed by atoms with Gasteiger partial charge in [0.05, 0.1) is 19.3 Å². The molecular weight excluding hydrogens is 220 g/mol. The average Bonchev–Trinajstić information content (AvgIpc) is 2.20. The van der Waals surface area contributed by atoms with Gasteiger partial charge in [0, 0.05) is 6.42 Å². The Morgan fingerprint density at radius 1 is 1.44 bits per heavy atom. The van der Waals surface area contributed by atoms with Crippen LogP contribution >= 0.6 is 0 Å². The number of amides is 1. The summed E-state index contributed by atoms with van der Waals surface area (Å²) >= 11 is 0. The van der Waals surface area contributed by atoms with E-state index in [2.05, 4.69) is 10.1 Å². The van der Waals surface area contributed by atoms with Crippen molar-refractivity contribution in [2.75, 3.05) is 19.8 Å². The van der Waals surface area contributed by atoms with Crippen molar-refractivity contribution in [1.29, 1.82) is 0 Å². The summed E-state index contributed by atoms with van der Waals surface area (Å²) in [6.07, 6.45) is -2.49. The minimum Gasteiger partial charge on any atom is -0.394 e. The lowest BCUT2D eigenvalue weighted by atomic mass is 10.1. The van der Waals surface area contributed by atoms with Crippen LogP contribution in [-0.4, -0.2) is 43.3 Å². The molecule has 0 radical (unpaired) electrons. The molecule has 0 aliphatic carbocycles. The molecule has 6 heteroatoms. The van der Waals surface area contributed by atoms with Gasteiger partial charge in [-0.2, -0.15) is 0 Å². The summed E-state index contributed by atoms with van der Waals surface area (Å²) < 4.78 is 27.9. The number of rotatable bonds is 8. The van der Waals surface area contributed by atoms with Crippen molar-refractivity contribution in [1.82, 2.24) is 5.32 Å². The SMILES string of the molecule is CC(C)C(CO)NC(=O)CCOCC(F)F. The molecule has 0 aromatic carbocycles. The van der Waals surface area contributed by atoms with Crippen LogP contribution < -0.4 is 5.32 Å². The third-order valence-electron chi connectivity index (χ3n) is 2.07. The van der Waals surface area contributed by atoms with Gasteiger partial charge in [0.2, 0.25) is 5.91 Å². The summed E-state index contributed by atoms with van der Waals surface area (Å²) in [5.74, 6) is -0.182. The number of nitrogens with one attached hydrogen (secondary N) is 1. The molecule has 96 valence electrons. The number of alkyl halides is 2. The van der Waals surface area contributed by atoms with Gasteiger partial charge in [-0.1, -0.05) is 13.8 Å². The smallest absolute Gasteiger partial charge is 0.261 e. The van der Waals surface area contributed by atoms with Crippen LogP contribution in [0.2, 0.25) is 0 Å². The Balaban J connectivity index is 3.65. The Morgan fingerprint density at radius 3 is 2.50 bits per heavy atom. The van der Waals surface area contributed by atoms with E-state index in [9.17, 15) is 13.6 Å². The summed E-state index contributed by atoms with van der Waals surface area (Å²) in [7, 11) is 0. The molecule has 0 fully saturated rings. The molecule has 0 aliphatic heterocycles. The quantitative estimate of drug-likeness (QED) is 0.616. The van der Waals surface area contributed by atoms with E-state index in [4.69, 9.17) is 5.11 Å². The number of carbonyl (C=O) groups is 1. The molecule has 4 nitrogen and oxygen atoms in total. The molecule has 0 aromatic rings. The van der Waals surface area contributed by atoms with Crippen LogP contribution in [-0.2, 0) is 9.53 Å². The predicted octanol–water partition coefficient (Wildman–Crippen LogP) is 0.791. The average molecular weight is 239 g/mol. The third-order valence-corrected chi connectivity index (χ3v) is 2.07. The maximum absolute atomic E-state index is 11.7. The topological polar surface area (TPSA) is 58.6 Å². The van der Waals surface area contributed by atoms with Crippen molar-refractivity contribution in [3.63, 3.8) is 0 Å². The molecule has 16 heavy (non-hydrogen) atoms. The van der Waals surface area contributed by atoms with Crippen LogP contribution in [0.3, 0.4) is 0 Å². The molecule has 1 unspecified atom stereocenters. The van der Waals surface area contributed by atoms with E-state index in [0.29, 0.717) is 0 Å². The number of halogens is 2. The molecule has 0 heterocycles. The summed E-state index contributed by atoms with van der Waals surface area (Å²) in [5.41, 5.74) is 0. The van der Waals surface area contributed by atoms with Gasteiger partial charge in [0.15, 0.2) is 0 Å². The van der Waals surface area contributed by atoms with Crippen molar-refractivity contribution in [3.05, 3.63) is 0 Å². The zero-order chi connectivity index (χ0) is 12.6. The molecular formula is C10H19F2NO3. The predicted molar refractivity (Wildman–Crippen MR) is 55.3 cm³/mol. The number of carbonyl (C=O) groups excluding carboxylic acids is 1. The van der Waals surface area contributed by atoms with E-state index >= 15 is 0 Å². The molecule has 0 spiro atoms. The van der Waals surface area contributed by atoms with Gasteiger partial charge >= 0.3 is 0 Å². The van der Waals surface area contributed by atoms with Crippen LogP contribution in [0.5, 0.6) is 0 Å². The maximum atomic E-state index is 11.7. The van der Waals surface area contributed by atoms with Crippen LogP contribution in [0.1, 0.15) is 20.3 Å². The van der Waals surface area contributed by atoms with Gasteiger partial charge in [-0.05, 0) is 5.92 Å².